The van der Waals surface area contributed by atoms with E-state index in [9.17, 15) is 0 Å². The maximum atomic E-state index is 5.43. The van der Waals surface area contributed by atoms with Crippen LogP contribution in [0.2, 0.25) is 0 Å². The molecular formula is C11H21NO. The minimum atomic E-state index is 0.0958. The van der Waals surface area contributed by atoms with Crippen LogP contribution in [0.15, 0.2) is 12.7 Å². The van der Waals surface area contributed by atoms with E-state index in [0.717, 1.165) is 25.8 Å². The molecule has 0 bridgehead atoms. The first-order valence-corrected chi connectivity index (χ1v) is 5.15. The average molecular weight is 183 g/mol. The van der Waals surface area contributed by atoms with Gasteiger partial charge in [-0.25, -0.2) is 0 Å². The van der Waals surface area contributed by atoms with Gasteiger partial charge in [-0.15, -0.1) is 6.58 Å². The Kier molecular flexibility index (Phi) is 3.94. The second-order valence-corrected chi connectivity index (χ2v) is 4.15. The minimum Gasteiger partial charge on any atom is -0.381 e. The van der Waals surface area contributed by atoms with Crippen molar-refractivity contribution in [1.29, 1.82) is 0 Å². The molecule has 1 fully saturated rings. The van der Waals surface area contributed by atoms with E-state index in [2.05, 4.69) is 18.8 Å². The fourth-order valence-electron chi connectivity index (χ4n) is 1.18. The molecule has 0 aliphatic heterocycles. The summed E-state index contributed by atoms with van der Waals surface area (Å²) < 4.78 is 5.43. The van der Waals surface area contributed by atoms with Crippen molar-refractivity contribution in [3.63, 3.8) is 0 Å². The minimum absolute atomic E-state index is 0.0958. The Balaban J connectivity index is 2.23. The molecule has 2 nitrogen and oxygen atoms in total. The zero-order chi connectivity index (χ0) is 9.73. The molecule has 1 atom stereocenters. The molecule has 2 heteroatoms. The Hall–Kier alpha value is -0.340. The van der Waals surface area contributed by atoms with Gasteiger partial charge in [0.1, 0.15) is 0 Å². The lowest BCUT2D eigenvalue weighted by Gasteiger charge is -2.25. The van der Waals surface area contributed by atoms with Crippen LogP contribution in [0.25, 0.3) is 0 Å². The largest absolute Gasteiger partial charge is 0.381 e. The summed E-state index contributed by atoms with van der Waals surface area (Å²) in [5.41, 5.74) is 0.0958. The summed E-state index contributed by atoms with van der Waals surface area (Å²) in [5.74, 6) is 0. The summed E-state index contributed by atoms with van der Waals surface area (Å²) in [6, 6.07) is 0.765. The van der Waals surface area contributed by atoms with Gasteiger partial charge < -0.3 is 10.1 Å². The molecule has 1 N–H and O–H groups in total. The Morgan fingerprint density at radius 2 is 2.31 bits per heavy atom. The molecule has 76 valence electrons. The molecule has 1 saturated carbocycles. The molecular weight excluding hydrogens is 162 g/mol. The van der Waals surface area contributed by atoms with Crippen molar-refractivity contribution in [2.24, 2.45) is 5.41 Å². The molecule has 0 spiro atoms. The predicted octanol–water partition coefficient (Wildman–Crippen LogP) is 1.97. The molecule has 1 aliphatic carbocycles. The van der Waals surface area contributed by atoms with Crippen LogP contribution in [-0.2, 0) is 4.74 Å². The lowest BCUT2D eigenvalue weighted by atomic mass is 9.92. The molecule has 1 rings (SSSR count). The van der Waals surface area contributed by atoms with Gasteiger partial charge in [-0.2, -0.15) is 0 Å². The first-order valence-electron chi connectivity index (χ1n) is 5.15. The summed E-state index contributed by atoms with van der Waals surface area (Å²) >= 11 is 0. The number of nitrogens with one attached hydrogen (secondary N) is 1. The summed E-state index contributed by atoms with van der Waals surface area (Å²) in [6.07, 6.45) is 4.67. The normalized spacial score (nSPS) is 21.1. The predicted molar refractivity (Wildman–Crippen MR) is 55.8 cm³/mol. The van der Waals surface area contributed by atoms with Gasteiger partial charge in [0.25, 0.3) is 0 Å². The van der Waals surface area contributed by atoms with Gasteiger partial charge >= 0.3 is 0 Å². The lowest BCUT2D eigenvalue weighted by Crippen LogP contribution is -2.35. The van der Waals surface area contributed by atoms with Crippen molar-refractivity contribution in [2.75, 3.05) is 19.8 Å². The van der Waals surface area contributed by atoms with E-state index in [-0.39, 0.29) is 5.41 Å². The smallest absolute Gasteiger partial charge is 0.0566 e. The van der Waals surface area contributed by atoms with Crippen LogP contribution >= 0.6 is 0 Å². The van der Waals surface area contributed by atoms with Crippen LogP contribution in [0.3, 0.4) is 0 Å². The van der Waals surface area contributed by atoms with Crippen LogP contribution in [-0.4, -0.2) is 25.8 Å². The quantitative estimate of drug-likeness (QED) is 0.609. The first kappa shape index (κ1) is 10.7. The van der Waals surface area contributed by atoms with Crippen LogP contribution < -0.4 is 5.32 Å². The third-order valence-electron chi connectivity index (χ3n) is 2.50. The highest BCUT2D eigenvalue weighted by Gasteiger charge is 2.26. The molecule has 0 saturated heterocycles. The zero-order valence-electron chi connectivity index (χ0n) is 8.81. The van der Waals surface area contributed by atoms with Gasteiger partial charge in [-0.1, -0.05) is 13.0 Å². The molecule has 0 radical (unpaired) electrons. The summed E-state index contributed by atoms with van der Waals surface area (Å²) in [6.45, 7) is 10.6. The second-order valence-electron chi connectivity index (χ2n) is 4.15. The number of hydrogen-bond acceptors (Lipinski definition) is 2. The van der Waals surface area contributed by atoms with Gasteiger partial charge in [0, 0.05) is 24.6 Å². The van der Waals surface area contributed by atoms with Crippen molar-refractivity contribution in [1.82, 2.24) is 5.32 Å². The second kappa shape index (κ2) is 4.77. The zero-order valence-corrected chi connectivity index (χ0v) is 8.81. The topological polar surface area (TPSA) is 21.3 Å². The Bertz CT molecular complexity index is 165. The molecule has 0 aromatic rings. The van der Waals surface area contributed by atoms with Crippen LogP contribution in [0.4, 0.5) is 0 Å². The highest BCUT2D eigenvalue weighted by molar-refractivity contribution is 4.95. The highest BCUT2D eigenvalue weighted by Crippen LogP contribution is 2.22. The van der Waals surface area contributed by atoms with Crippen LogP contribution in [0, 0.1) is 5.41 Å². The third-order valence-corrected chi connectivity index (χ3v) is 2.50. The Morgan fingerprint density at radius 1 is 1.62 bits per heavy atom. The van der Waals surface area contributed by atoms with E-state index in [1.54, 1.807) is 0 Å². The van der Waals surface area contributed by atoms with Crippen LogP contribution in [0.5, 0.6) is 0 Å². The van der Waals surface area contributed by atoms with Gasteiger partial charge in [-0.05, 0) is 19.8 Å². The monoisotopic (exact) mass is 183 g/mol. The molecule has 13 heavy (non-hydrogen) atoms. The van der Waals surface area contributed by atoms with Crippen molar-refractivity contribution < 1.29 is 4.74 Å². The fourth-order valence-corrected chi connectivity index (χ4v) is 1.18. The maximum absolute atomic E-state index is 5.43. The molecule has 0 amide bonds. The standard InChI is InChI=1S/C11H21NO/c1-4-11(3,9-13-5-2)8-12-10-6-7-10/h4,10,12H,1,5-9H2,2-3H3. The number of hydrogen-bond donors (Lipinski definition) is 1. The Morgan fingerprint density at radius 3 is 2.77 bits per heavy atom. The lowest BCUT2D eigenvalue weighted by molar-refractivity contribution is 0.0848. The Labute approximate surface area is 81.4 Å². The summed E-state index contributed by atoms with van der Waals surface area (Å²) in [5, 5.41) is 3.51. The van der Waals surface area contributed by atoms with Gasteiger partial charge in [0.05, 0.1) is 6.61 Å². The average Bonchev–Trinajstić information content (AvgIpc) is 2.95. The maximum Gasteiger partial charge on any atom is 0.0566 e. The molecule has 0 aromatic heterocycles. The summed E-state index contributed by atoms with van der Waals surface area (Å²) in [4.78, 5) is 0. The number of ether oxygens (including phenoxy) is 1. The van der Waals surface area contributed by atoms with Gasteiger partial charge in [0.15, 0.2) is 0 Å². The van der Waals surface area contributed by atoms with Crippen molar-refractivity contribution >= 4 is 0 Å². The van der Waals surface area contributed by atoms with E-state index in [1.165, 1.54) is 12.8 Å². The van der Waals surface area contributed by atoms with Crippen molar-refractivity contribution in [3.8, 4) is 0 Å². The number of rotatable bonds is 7. The third kappa shape index (κ3) is 3.92. The molecule has 0 aromatic carbocycles. The molecule has 1 unspecified atom stereocenters. The van der Waals surface area contributed by atoms with E-state index >= 15 is 0 Å². The van der Waals surface area contributed by atoms with Crippen molar-refractivity contribution in [2.45, 2.75) is 32.7 Å². The van der Waals surface area contributed by atoms with Gasteiger partial charge in [-0.3, -0.25) is 0 Å². The highest BCUT2D eigenvalue weighted by atomic mass is 16.5. The molecule has 0 heterocycles. The molecule has 1 aliphatic rings. The summed E-state index contributed by atoms with van der Waals surface area (Å²) in [7, 11) is 0. The van der Waals surface area contributed by atoms with Crippen molar-refractivity contribution in [3.05, 3.63) is 12.7 Å². The SMILES string of the molecule is C=CC(C)(CNC1CC1)COCC. The van der Waals surface area contributed by atoms with E-state index in [1.807, 2.05) is 13.0 Å². The fraction of sp³-hybridized carbons (Fsp3) is 0.818. The van der Waals surface area contributed by atoms with E-state index in [4.69, 9.17) is 4.74 Å². The van der Waals surface area contributed by atoms with E-state index in [0.29, 0.717) is 0 Å². The van der Waals surface area contributed by atoms with Crippen LogP contribution in [0.1, 0.15) is 26.7 Å². The van der Waals surface area contributed by atoms with Gasteiger partial charge in [0.2, 0.25) is 0 Å². The van der Waals surface area contributed by atoms with E-state index < -0.39 is 0 Å². The first-order chi connectivity index (χ1) is 6.20.